The lowest BCUT2D eigenvalue weighted by molar-refractivity contribution is -0.136. The van der Waals surface area contributed by atoms with Crippen LogP contribution in [0.3, 0.4) is 0 Å². The number of piperidine rings is 1. The molecule has 11 heteroatoms. The zero-order valence-electron chi connectivity index (χ0n) is 17.0. The van der Waals surface area contributed by atoms with Gasteiger partial charge in [0.2, 0.25) is 11.8 Å². The molecule has 0 aromatic heterocycles. The molecule has 32 heavy (non-hydrogen) atoms. The summed E-state index contributed by atoms with van der Waals surface area (Å²) >= 11 is 0. The van der Waals surface area contributed by atoms with Gasteiger partial charge in [-0.3, -0.25) is 29.4 Å². The largest absolute Gasteiger partial charge is 0.465 e. The molecule has 3 N–H and O–H groups in total. The van der Waals surface area contributed by atoms with Crippen molar-refractivity contribution in [3.05, 3.63) is 34.9 Å². The number of carbonyl (C=O) groups is 5. The van der Waals surface area contributed by atoms with Crippen LogP contribution in [0, 0.1) is 11.8 Å². The third kappa shape index (κ3) is 5.29. The van der Waals surface area contributed by atoms with Crippen LogP contribution in [0.4, 0.5) is 4.79 Å². The lowest BCUT2D eigenvalue weighted by atomic mass is 10.0. The molecule has 2 heterocycles. The number of ether oxygens (including phenoxy) is 2. The number of fused-ring (bicyclic) bond motifs is 1. The second kappa shape index (κ2) is 10.5. The van der Waals surface area contributed by atoms with E-state index in [0.29, 0.717) is 5.56 Å². The Bertz CT molecular complexity index is 1010. The van der Waals surface area contributed by atoms with Crippen LogP contribution in [0.5, 0.6) is 0 Å². The first-order valence-corrected chi connectivity index (χ1v) is 9.86. The van der Waals surface area contributed by atoms with E-state index >= 15 is 0 Å². The summed E-state index contributed by atoms with van der Waals surface area (Å²) < 4.78 is 10.5. The second-order valence-corrected chi connectivity index (χ2v) is 6.87. The molecule has 1 unspecified atom stereocenters. The molecule has 1 aromatic rings. The van der Waals surface area contributed by atoms with Gasteiger partial charge >= 0.3 is 6.09 Å². The van der Waals surface area contributed by atoms with Crippen molar-refractivity contribution in [3.63, 3.8) is 0 Å². The first kappa shape index (κ1) is 22.9. The molecule has 0 bridgehead atoms. The topological polar surface area (TPSA) is 151 Å². The highest BCUT2D eigenvalue weighted by Gasteiger charge is 2.45. The molecule has 2 aliphatic heterocycles. The summed E-state index contributed by atoms with van der Waals surface area (Å²) in [6.07, 6.45) is -0.986. The maximum absolute atomic E-state index is 12.9. The minimum Gasteiger partial charge on any atom is -0.465 e. The summed E-state index contributed by atoms with van der Waals surface area (Å²) in [5, 5.41) is 12.7. The summed E-state index contributed by atoms with van der Waals surface area (Å²) in [5.74, 6) is 3.28. The van der Waals surface area contributed by atoms with Gasteiger partial charge in [-0.05, 0) is 18.6 Å². The van der Waals surface area contributed by atoms with Crippen LogP contribution in [-0.4, -0.2) is 78.7 Å². The van der Waals surface area contributed by atoms with E-state index in [-0.39, 0.29) is 56.9 Å². The molecule has 1 atom stereocenters. The molecule has 1 saturated heterocycles. The number of nitrogens with zero attached hydrogens (tertiary/aromatic N) is 1. The van der Waals surface area contributed by atoms with Crippen molar-refractivity contribution in [2.75, 3.05) is 33.0 Å². The summed E-state index contributed by atoms with van der Waals surface area (Å²) in [6.45, 7) is 0.959. The number of carboxylic acid groups (broad SMARTS) is 1. The highest BCUT2D eigenvalue weighted by molar-refractivity contribution is 6.24. The monoisotopic (exact) mass is 443 g/mol. The molecule has 0 radical (unpaired) electrons. The van der Waals surface area contributed by atoms with Crippen molar-refractivity contribution in [1.29, 1.82) is 0 Å². The van der Waals surface area contributed by atoms with Crippen LogP contribution in [0.15, 0.2) is 18.2 Å². The maximum Gasteiger partial charge on any atom is 0.404 e. The van der Waals surface area contributed by atoms with Crippen molar-refractivity contribution in [2.24, 2.45) is 0 Å². The normalized spacial score (nSPS) is 17.5. The lowest BCUT2D eigenvalue weighted by Crippen LogP contribution is -2.54. The first-order chi connectivity index (χ1) is 15.4. The highest BCUT2D eigenvalue weighted by atomic mass is 16.5. The summed E-state index contributed by atoms with van der Waals surface area (Å²) in [5.41, 5.74) is 0.634. The summed E-state index contributed by atoms with van der Waals surface area (Å²) in [4.78, 5) is 60.4. The Morgan fingerprint density at radius 3 is 2.69 bits per heavy atom. The van der Waals surface area contributed by atoms with Gasteiger partial charge in [-0.2, -0.15) is 0 Å². The number of benzene rings is 1. The molecule has 0 saturated carbocycles. The Morgan fingerprint density at radius 1 is 1.16 bits per heavy atom. The summed E-state index contributed by atoms with van der Waals surface area (Å²) in [7, 11) is 0. The molecule has 2 aliphatic rings. The van der Waals surface area contributed by atoms with Gasteiger partial charge in [0.05, 0.1) is 30.9 Å². The van der Waals surface area contributed by atoms with Crippen LogP contribution in [0.1, 0.15) is 39.1 Å². The fourth-order valence-corrected chi connectivity index (χ4v) is 3.32. The van der Waals surface area contributed by atoms with Crippen molar-refractivity contribution in [1.82, 2.24) is 15.5 Å². The molecule has 168 valence electrons. The number of carbonyl (C=O) groups excluding carboxylic acids is 4. The van der Waals surface area contributed by atoms with E-state index in [1.54, 1.807) is 12.1 Å². The standard InChI is InChI=1S/C21H21N3O8/c25-16-7-6-15(18(26)23-16)24-19(27)14-5-1-3-13(17(14)20(24)28)4-2-9-31-11-12-32-10-8-22-21(29)30/h1,3,5,15,22H,6-12H2,(H,29,30)(H,23,25,26). The zero-order chi connectivity index (χ0) is 23.1. The van der Waals surface area contributed by atoms with Crippen LogP contribution in [-0.2, 0) is 19.1 Å². The smallest absolute Gasteiger partial charge is 0.404 e. The number of hydrogen-bond donors (Lipinski definition) is 3. The third-order valence-corrected chi connectivity index (χ3v) is 4.76. The van der Waals surface area contributed by atoms with Gasteiger partial charge in [-0.25, -0.2) is 4.79 Å². The average molecular weight is 443 g/mol. The summed E-state index contributed by atoms with van der Waals surface area (Å²) in [6, 6.07) is 3.67. The molecular formula is C21H21N3O8. The van der Waals surface area contributed by atoms with E-state index in [1.807, 2.05) is 0 Å². The Balaban J connectivity index is 1.56. The Hall–Kier alpha value is -3.75. The number of amides is 5. The van der Waals surface area contributed by atoms with Gasteiger partial charge < -0.3 is 19.9 Å². The van der Waals surface area contributed by atoms with Crippen LogP contribution < -0.4 is 10.6 Å². The van der Waals surface area contributed by atoms with E-state index in [4.69, 9.17) is 14.6 Å². The molecule has 1 aromatic carbocycles. The number of rotatable bonds is 8. The van der Waals surface area contributed by atoms with Gasteiger partial charge in [0.15, 0.2) is 0 Å². The zero-order valence-corrected chi connectivity index (χ0v) is 17.0. The Morgan fingerprint density at radius 2 is 1.94 bits per heavy atom. The first-order valence-electron chi connectivity index (χ1n) is 9.86. The van der Waals surface area contributed by atoms with E-state index in [1.165, 1.54) is 6.07 Å². The predicted molar refractivity (Wildman–Crippen MR) is 108 cm³/mol. The fraction of sp³-hybridized carbons (Fsp3) is 0.381. The molecule has 0 spiro atoms. The van der Waals surface area contributed by atoms with E-state index in [9.17, 15) is 24.0 Å². The third-order valence-electron chi connectivity index (χ3n) is 4.76. The van der Waals surface area contributed by atoms with E-state index in [2.05, 4.69) is 22.5 Å². The molecule has 3 rings (SSSR count). The second-order valence-electron chi connectivity index (χ2n) is 6.87. The molecule has 5 amide bonds. The Kier molecular flexibility index (Phi) is 7.54. The number of hydrogen-bond acceptors (Lipinski definition) is 7. The highest BCUT2D eigenvalue weighted by Crippen LogP contribution is 2.29. The van der Waals surface area contributed by atoms with E-state index in [0.717, 1.165) is 4.90 Å². The molecule has 0 aliphatic carbocycles. The van der Waals surface area contributed by atoms with Crippen LogP contribution in [0.25, 0.3) is 0 Å². The van der Waals surface area contributed by atoms with Crippen molar-refractivity contribution in [2.45, 2.75) is 18.9 Å². The molecule has 1 fully saturated rings. The fourth-order valence-electron chi connectivity index (χ4n) is 3.32. The minimum atomic E-state index is -1.12. The average Bonchev–Trinajstić information content (AvgIpc) is 3.00. The minimum absolute atomic E-state index is 0.0492. The van der Waals surface area contributed by atoms with Crippen molar-refractivity contribution >= 4 is 29.7 Å². The van der Waals surface area contributed by atoms with Gasteiger partial charge in [-0.15, -0.1) is 0 Å². The van der Waals surface area contributed by atoms with Gasteiger partial charge in [-0.1, -0.05) is 17.9 Å². The van der Waals surface area contributed by atoms with Crippen LogP contribution >= 0.6 is 0 Å². The van der Waals surface area contributed by atoms with Gasteiger partial charge in [0.1, 0.15) is 12.6 Å². The number of imide groups is 2. The quantitative estimate of drug-likeness (QED) is 0.282. The maximum atomic E-state index is 12.9. The van der Waals surface area contributed by atoms with Crippen molar-refractivity contribution in [3.8, 4) is 11.8 Å². The van der Waals surface area contributed by atoms with Gasteiger partial charge in [0.25, 0.3) is 11.8 Å². The lowest BCUT2D eigenvalue weighted by Gasteiger charge is -2.27. The molecule has 11 nitrogen and oxygen atoms in total. The molecular weight excluding hydrogens is 422 g/mol. The SMILES string of the molecule is O=C(O)NCCOCCOCC#Cc1cccc2c1C(=O)N(C1CCC(=O)NC1=O)C2=O. The predicted octanol–water partition coefficient (Wildman–Crippen LogP) is -0.260. The van der Waals surface area contributed by atoms with Gasteiger partial charge in [0, 0.05) is 18.5 Å². The Labute approximate surface area is 183 Å². The van der Waals surface area contributed by atoms with Crippen LogP contribution in [0.2, 0.25) is 0 Å². The van der Waals surface area contributed by atoms with E-state index < -0.39 is 35.8 Å². The van der Waals surface area contributed by atoms with Crippen molar-refractivity contribution < 1.29 is 38.6 Å². The number of nitrogens with one attached hydrogen (secondary N) is 2.